The summed E-state index contributed by atoms with van der Waals surface area (Å²) in [6.45, 7) is 3.83. The van der Waals surface area contributed by atoms with E-state index in [-0.39, 0.29) is 40.1 Å². The average Bonchev–Trinajstić information content (AvgIpc) is 3.28. The molecule has 0 aliphatic heterocycles. The molecule has 2 heterocycles. The molecule has 1 saturated carbocycles. The SMILES string of the molecule is CC(C)n1nc(-c2cc(F)c(NS(=O)(=O)c3ccc(Cl)cc3F)cc2F)c2c(N)ncc([C@H]3CC[C@H](N)CC3)c21. The zero-order valence-corrected chi connectivity index (χ0v) is 23.3. The molecule has 1 aliphatic carbocycles. The number of nitrogen functional groups attached to an aromatic ring is 1. The quantitative estimate of drug-likeness (QED) is 0.247. The highest BCUT2D eigenvalue weighted by Gasteiger charge is 2.29. The summed E-state index contributed by atoms with van der Waals surface area (Å²) in [6.07, 6.45) is 5.14. The average molecular weight is 593 g/mol. The number of rotatable bonds is 6. The van der Waals surface area contributed by atoms with Crippen molar-refractivity contribution in [2.75, 3.05) is 10.5 Å². The van der Waals surface area contributed by atoms with Gasteiger partial charge in [-0.3, -0.25) is 9.40 Å². The van der Waals surface area contributed by atoms with E-state index in [1.807, 2.05) is 18.6 Å². The number of hydrogen-bond donors (Lipinski definition) is 3. The van der Waals surface area contributed by atoms with Crippen LogP contribution in [0.3, 0.4) is 0 Å². The van der Waals surface area contributed by atoms with Crippen LogP contribution in [0.1, 0.15) is 57.1 Å². The Morgan fingerprint density at radius 2 is 1.75 bits per heavy atom. The summed E-state index contributed by atoms with van der Waals surface area (Å²) in [5.41, 5.74) is 13.2. The maximum atomic E-state index is 15.6. The standard InChI is InChI=1S/C27H28ClF3N6O2S/c1-13(2)37-26-18(14-3-6-16(32)7-4-14)12-34-27(33)24(26)25(35-37)17-10-20(30)22(11-19(17)29)36-40(38,39)23-8-5-15(28)9-21(23)31/h5,8-14,16,36H,3-4,6-7,32H2,1-2H3,(H2,33,34)/t14-,16-. The molecule has 0 unspecified atom stereocenters. The largest absolute Gasteiger partial charge is 0.383 e. The van der Waals surface area contributed by atoms with Gasteiger partial charge in [0.2, 0.25) is 0 Å². The molecule has 0 radical (unpaired) electrons. The maximum absolute atomic E-state index is 15.6. The lowest BCUT2D eigenvalue weighted by Crippen LogP contribution is -2.26. The van der Waals surface area contributed by atoms with Crippen molar-refractivity contribution in [2.24, 2.45) is 5.73 Å². The van der Waals surface area contributed by atoms with E-state index in [0.717, 1.165) is 49.4 Å². The maximum Gasteiger partial charge on any atom is 0.264 e. The van der Waals surface area contributed by atoms with Gasteiger partial charge in [-0.25, -0.2) is 26.6 Å². The minimum atomic E-state index is -4.60. The number of hydrogen-bond acceptors (Lipinski definition) is 6. The number of anilines is 2. The van der Waals surface area contributed by atoms with E-state index in [1.165, 1.54) is 6.07 Å². The fourth-order valence-corrected chi connectivity index (χ4v) is 6.49. The molecule has 5 rings (SSSR count). The summed E-state index contributed by atoms with van der Waals surface area (Å²) in [5.74, 6) is -2.92. The van der Waals surface area contributed by atoms with Gasteiger partial charge in [-0.05, 0) is 75.3 Å². The molecule has 5 N–H and O–H groups in total. The van der Waals surface area contributed by atoms with Gasteiger partial charge in [-0.15, -0.1) is 0 Å². The van der Waals surface area contributed by atoms with Gasteiger partial charge in [0.15, 0.2) is 0 Å². The second-order valence-corrected chi connectivity index (χ2v) is 12.4. The first-order chi connectivity index (χ1) is 18.9. The Morgan fingerprint density at radius 3 is 2.40 bits per heavy atom. The molecule has 40 heavy (non-hydrogen) atoms. The third kappa shape index (κ3) is 5.11. The van der Waals surface area contributed by atoms with Crippen LogP contribution in [0, 0.1) is 17.5 Å². The van der Waals surface area contributed by atoms with Crippen molar-refractivity contribution in [1.29, 1.82) is 0 Å². The van der Waals surface area contributed by atoms with Gasteiger partial charge in [-0.2, -0.15) is 5.10 Å². The predicted octanol–water partition coefficient (Wildman–Crippen LogP) is 6.12. The van der Waals surface area contributed by atoms with Gasteiger partial charge < -0.3 is 11.5 Å². The van der Waals surface area contributed by atoms with Crippen molar-refractivity contribution in [3.05, 3.63) is 64.6 Å². The van der Waals surface area contributed by atoms with Crippen molar-refractivity contribution in [2.45, 2.75) is 62.4 Å². The lowest BCUT2D eigenvalue weighted by atomic mass is 9.82. The molecule has 2 aromatic heterocycles. The van der Waals surface area contributed by atoms with E-state index in [0.29, 0.717) is 17.0 Å². The van der Waals surface area contributed by atoms with E-state index in [9.17, 15) is 12.8 Å². The summed E-state index contributed by atoms with van der Waals surface area (Å²) in [4.78, 5) is 3.60. The van der Waals surface area contributed by atoms with E-state index in [4.69, 9.17) is 23.1 Å². The molecule has 1 aliphatic rings. The lowest BCUT2D eigenvalue weighted by Gasteiger charge is -2.27. The molecule has 0 amide bonds. The molecule has 13 heteroatoms. The molecule has 4 aromatic rings. The Morgan fingerprint density at radius 1 is 1.05 bits per heavy atom. The minimum Gasteiger partial charge on any atom is -0.383 e. The number of fused-ring (bicyclic) bond motifs is 1. The zero-order chi connectivity index (χ0) is 28.9. The Balaban J connectivity index is 1.61. The first-order valence-electron chi connectivity index (χ1n) is 12.8. The second kappa shape index (κ2) is 10.6. The third-order valence-corrected chi connectivity index (χ3v) is 8.86. The molecule has 1 fully saturated rings. The van der Waals surface area contributed by atoms with Crippen LogP contribution in [-0.2, 0) is 10.0 Å². The number of halogens is 4. The van der Waals surface area contributed by atoms with Gasteiger partial charge in [0, 0.05) is 34.9 Å². The van der Waals surface area contributed by atoms with Gasteiger partial charge in [0.25, 0.3) is 10.0 Å². The van der Waals surface area contributed by atoms with Crippen LogP contribution in [0.5, 0.6) is 0 Å². The second-order valence-electron chi connectivity index (χ2n) is 10.3. The summed E-state index contributed by atoms with van der Waals surface area (Å²) in [5, 5.41) is 5.00. The smallest absolute Gasteiger partial charge is 0.264 e. The summed E-state index contributed by atoms with van der Waals surface area (Å²) in [6, 6.07) is 4.43. The van der Waals surface area contributed by atoms with Gasteiger partial charge in [0.1, 0.15) is 33.9 Å². The molecule has 0 atom stereocenters. The number of aromatic nitrogens is 3. The zero-order valence-electron chi connectivity index (χ0n) is 21.8. The van der Waals surface area contributed by atoms with Crippen LogP contribution in [-0.4, -0.2) is 29.2 Å². The number of sulfonamides is 1. The van der Waals surface area contributed by atoms with Crippen LogP contribution in [0.15, 0.2) is 41.4 Å². The normalized spacial score (nSPS) is 18.0. The Hall–Kier alpha value is -3.35. The van der Waals surface area contributed by atoms with E-state index in [1.54, 1.807) is 10.9 Å². The minimum absolute atomic E-state index is 0.0185. The number of benzene rings is 2. The van der Waals surface area contributed by atoms with Gasteiger partial charge in [-0.1, -0.05) is 11.6 Å². The fourth-order valence-electron chi connectivity index (χ4n) is 5.21. The van der Waals surface area contributed by atoms with Crippen molar-refractivity contribution >= 4 is 44.0 Å². The Kier molecular flexibility index (Phi) is 7.45. The summed E-state index contributed by atoms with van der Waals surface area (Å²) in [7, 11) is -4.60. The van der Waals surface area contributed by atoms with Crippen molar-refractivity contribution in [1.82, 2.24) is 14.8 Å². The van der Waals surface area contributed by atoms with Crippen LogP contribution < -0.4 is 16.2 Å². The summed E-state index contributed by atoms with van der Waals surface area (Å²) >= 11 is 5.69. The Bertz CT molecular complexity index is 1720. The molecule has 0 bridgehead atoms. The number of nitrogens with zero attached hydrogens (tertiary/aromatic N) is 3. The first-order valence-corrected chi connectivity index (χ1v) is 14.6. The molecule has 8 nitrogen and oxygen atoms in total. The van der Waals surface area contributed by atoms with Crippen molar-refractivity contribution in [3.63, 3.8) is 0 Å². The topological polar surface area (TPSA) is 129 Å². The monoisotopic (exact) mass is 592 g/mol. The Labute approximate surface area is 234 Å². The van der Waals surface area contributed by atoms with Crippen LogP contribution >= 0.6 is 11.6 Å². The van der Waals surface area contributed by atoms with Crippen LogP contribution in [0.2, 0.25) is 5.02 Å². The van der Waals surface area contributed by atoms with E-state index in [2.05, 4.69) is 10.1 Å². The highest BCUT2D eigenvalue weighted by Crippen LogP contribution is 2.42. The molecule has 2 aromatic carbocycles. The predicted molar refractivity (Wildman–Crippen MR) is 149 cm³/mol. The van der Waals surface area contributed by atoms with Gasteiger partial charge in [0.05, 0.1) is 16.6 Å². The third-order valence-electron chi connectivity index (χ3n) is 7.22. The molecule has 0 saturated heterocycles. The van der Waals surface area contributed by atoms with Crippen LogP contribution in [0.25, 0.3) is 22.2 Å². The molecular weight excluding hydrogens is 565 g/mol. The number of nitrogens with one attached hydrogen (secondary N) is 1. The van der Waals surface area contributed by atoms with Crippen LogP contribution in [0.4, 0.5) is 24.7 Å². The summed E-state index contributed by atoms with van der Waals surface area (Å²) < 4.78 is 74.2. The highest BCUT2D eigenvalue weighted by atomic mass is 35.5. The molecular formula is C27H28ClF3N6O2S. The molecule has 0 spiro atoms. The highest BCUT2D eigenvalue weighted by molar-refractivity contribution is 7.92. The van der Waals surface area contributed by atoms with E-state index < -0.39 is 38.1 Å². The number of pyridine rings is 1. The van der Waals surface area contributed by atoms with Crippen molar-refractivity contribution in [3.8, 4) is 11.3 Å². The first kappa shape index (κ1) is 28.2. The van der Waals surface area contributed by atoms with Gasteiger partial charge >= 0.3 is 0 Å². The van der Waals surface area contributed by atoms with Crippen molar-refractivity contribution < 1.29 is 21.6 Å². The van der Waals surface area contributed by atoms with E-state index >= 15 is 8.78 Å². The molecule has 212 valence electrons. The fraction of sp³-hybridized carbons (Fsp3) is 0.333. The number of nitrogens with two attached hydrogens (primary N) is 2. The lowest BCUT2D eigenvalue weighted by molar-refractivity contribution is 0.395.